The minimum absolute atomic E-state index is 0.316. The van der Waals surface area contributed by atoms with Gasteiger partial charge in [0.25, 0.3) is 0 Å². The van der Waals surface area contributed by atoms with Crippen LogP contribution in [0.25, 0.3) is 0 Å². The number of likely N-dealkylation sites (N-methyl/N-ethyl adjacent to an activating group) is 1. The van der Waals surface area contributed by atoms with Crippen molar-refractivity contribution in [2.75, 3.05) is 26.0 Å². The van der Waals surface area contributed by atoms with Gasteiger partial charge in [0.2, 0.25) is 5.95 Å². The van der Waals surface area contributed by atoms with Crippen LogP contribution in [0.15, 0.2) is 6.20 Å². The van der Waals surface area contributed by atoms with Crippen molar-refractivity contribution in [1.29, 1.82) is 0 Å². The Morgan fingerprint density at radius 2 is 2.05 bits per heavy atom. The van der Waals surface area contributed by atoms with Crippen LogP contribution >= 0.6 is 0 Å². The Morgan fingerprint density at radius 3 is 2.63 bits per heavy atom. The molecule has 0 atom stereocenters. The molecule has 0 bridgehead atoms. The molecule has 0 aromatic carbocycles. The molecule has 0 radical (unpaired) electrons. The highest BCUT2D eigenvalue weighted by Gasteiger charge is 2.35. The summed E-state index contributed by atoms with van der Waals surface area (Å²) in [6.45, 7) is 6.31. The topological polar surface area (TPSA) is 33.1 Å². The summed E-state index contributed by atoms with van der Waals surface area (Å²) in [6, 6.07) is 0. The van der Waals surface area contributed by atoms with Gasteiger partial charge in [-0.25, -0.2) is 4.98 Å². The van der Waals surface area contributed by atoms with Crippen molar-refractivity contribution in [2.24, 2.45) is 0 Å². The van der Waals surface area contributed by atoms with E-state index in [4.69, 9.17) is 0 Å². The van der Waals surface area contributed by atoms with Gasteiger partial charge in [0.1, 0.15) is 0 Å². The van der Waals surface area contributed by atoms with Gasteiger partial charge in [-0.15, -0.1) is 0 Å². The molecule has 0 unspecified atom stereocenters. The van der Waals surface area contributed by atoms with Gasteiger partial charge in [-0.1, -0.05) is 19.8 Å². The van der Waals surface area contributed by atoms with E-state index in [-0.39, 0.29) is 0 Å². The van der Waals surface area contributed by atoms with Gasteiger partial charge in [-0.2, -0.15) is 0 Å². The number of hydrogen-bond acceptors (Lipinski definition) is 3. The fourth-order valence-corrected chi connectivity index (χ4v) is 3.16. The third-order valence-corrected chi connectivity index (χ3v) is 4.42. The summed E-state index contributed by atoms with van der Waals surface area (Å²) < 4.78 is 2.24. The molecule has 1 saturated carbocycles. The van der Waals surface area contributed by atoms with Crippen molar-refractivity contribution in [3.8, 4) is 0 Å². The van der Waals surface area contributed by atoms with Crippen LogP contribution in [0.5, 0.6) is 0 Å². The normalized spacial score (nSPS) is 18.2. The average Bonchev–Trinajstić information content (AvgIpc) is 2.95. The first-order chi connectivity index (χ1) is 9.07. The predicted octanol–water partition coefficient (Wildman–Crippen LogP) is 2.89. The zero-order chi connectivity index (χ0) is 13.9. The monoisotopic (exact) mass is 264 g/mol. The summed E-state index contributed by atoms with van der Waals surface area (Å²) >= 11 is 0. The zero-order valence-corrected chi connectivity index (χ0v) is 12.9. The largest absolute Gasteiger partial charge is 0.354 e. The number of aromatic nitrogens is 2. The van der Waals surface area contributed by atoms with Crippen LogP contribution in [0.3, 0.4) is 0 Å². The fourth-order valence-electron chi connectivity index (χ4n) is 3.16. The van der Waals surface area contributed by atoms with Gasteiger partial charge < -0.3 is 14.8 Å². The predicted molar refractivity (Wildman–Crippen MR) is 80.6 cm³/mol. The molecule has 0 amide bonds. The number of imidazole rings is 1. The molecule has 0 saturated heterocycles. The van der Waals surface area contributed by atoms with Crippen LogP contribution in [0.1, 0.15) is 44.7 Å². The van der Waals surface area contributed by atoms with Crippen molar-refractivity contribution in [3.05, 3.63) is 11.9 Å². The summed E-state index contributed by atoms with van der Waals surface area (Å²) in [5, 5.41) is 3.59. The van der Waals surface area contributed by atoms with Crippen molar-refractivity contribution < 1.29 is 0 Å². The lowest BCUT2D eigenvalue weighted by atomic mass is 9.96. The van der Waals surface area contributed by atoms with Crippen LogP contribution in [-0.2, 0) is 6.54 Å². The highest BCUT2D eigenvalue weighted by atomic mass is 15.2. The maximum atomic E-state index is 4.61. The van der Waals surface area contributed by atoms with Gasteiger partial charge in [0.15, 0.2) is 0 Å². The summed E-state index contributed by atoms with van der Waals surface area (Å²) in [4.78, 5) is 7.01. The average molecular weight is 264 g/mol. The Morgan fingerprint density at radius 1 is 1.37 bits per heavy atom. The van der Waals surface area contributed by atoms with Crippen molar-refractivity contribution >= 4 is 5.95 Å². The SMILES string of the molecule is CCCn1cc(C)nc1NCC1(N(C)C)CCCC1. The minimum atomic E-state index is 0.316. The maximum absolute atomic E-state index is 4.61. The standard InChI is InChI=1S/C15H28N4/c1-5-10-19-11-13(2)17-14(19)16-12-15(18(3)4)8-6-7-9-15/h11H,5-10,12H2,1-4H3,(H,16,17). The van der Waals surface area contributed by atoms with Gasteiger partial charge in [-0.05, 0) is 40.3 Å². The molecule has 0 spiro atoms. The molecule has 1 aliphatic rings. The number of hydrogen-bond donors (Lipinski definition) is 1. The van der Waals surface area contributed by atoms with E-state index >= 15 is 0 Å². The molecule has 108 valence electrons. The van der Waals surface area contributed by atoms with Gasteiger partial charge in [0.05, 0.1) is 5.69 Å². The summed E-state index contributed by atoms with van der Waals surface area (Å²) in [5.41, 5.74) is 1.41. The van der Waals surface area contributed by atoms with E-state index in [1.165, 1.54) is 25.7 Å². The maximum Gasteiger partial charge on any atom is 0.203 e. The summed E-state index contributed by atoms with van der Waals surface area (Å²) in [7, 11) is 4.41. The first-order valence-electron chi connectivity index (χ1n) is 7.52. The zero-order valence-electron chi connectivity index (χ0n) is 12.9. The summed E-state index contributed by atoms with van der Waals surface area (Å²) in [6.07, 6.45) is 8.57. The molecule has 1 aromatic rings. The lowest BCUT2D eigenvalue weighted by Crippen LogP contribution is -2.47. The molecule has 19 heavy (non-hydrogen) atoms. The van der Waals surface area contributed by atoms with Crippen LogP contribution in [0.4, 0.5) is 5.95 Å². The van der Waals surface area contributed by atoms with Crippen LogP contribution < -0.4 is 5.32 Å². The van der Waals surface area contributed by atoms with Crippen molar-refractivity contribution in [2.45, 2.75) is 58.0 Å². The summed E-state index contributed by atoms with van der Waals surface area (Å²) in [5.74, 6) is 1.03. The Labute approximate surface area is 117 Å². The highest BCUT2D eigenvalue weighted by molar-refractivity contribution is 5.30. The first-order valence-corrected chi connectivity index (χ1v) is 7.52. The number of aryl methyl sites for hydroxylation is 2. The highest BCUT2D eigenvalue weighted by Crippen LogP contribution is 2.33. The van der Waals surface area contributed by atoms with E-state index in [0.717, 1.165) is 31.2 Å². The van der Waals surface area contributed by atoms with E-state index in [2.05, 4.69) is 53.9 Å². The minimum Gasteiger partial charge on any atom is -0.354 e. The molecule has 1 heterocycles. The van der Waals surface area contributed by atoms with Crippen LogP contribution in [0, 0.1) is 6.92 Å². The lowest BCUT2D eigenvalue weighted by molar-refractivity contribution is 0.172. The van der Waals surface area contributed by atoms with E-state index in [9.17, 15) is 0 Å². The molecule has 1 fully saturated rings. The van der Waals surface area contributed by atoms with Crippen molar-refractivity contribution in [1.82, 2.24) is 14.5 Å². The van der Waals surface area contributed by atoms with Gasteiger partial charge >= 0.3 is 0 Å². The Balaban J connectivity index is 2.05. The first kappa shape index (κ1) is 14.4. The molecule has 1 aliphatic carbocycles. The lowest BCUT2D eigenvalue weighted by Gasteiger charge is -2.36. The number of nitrogens with one attached hydrogen (secondary N) is 1. The molecule has 4 heteroatoms. The molecule has 2 rings (SSSR count). The third-order valence-electron chi connectivity index (χ3n) is 4.42. The van der Waals surface area contributed by atoms with E-state index in [1.807, 2.05) is 0 Å². The number of nitrogens with zero attached hydrogens (tertiary/aromatic N) is 3. The Bertz CT molecular complexity index is 402. The van der Waals surface area contributed by atoms with Gasteiger partial charge in [-0.3, -0.25) is 0 Å². The van der Waals surface area contributed by atoms with E-state index < -0.39 is 0 Å². The Kier molecular flexibility index (Phi) is 4.50. The third kappa shape index (κ3) is 3.11. The molecule has 0 aliphatic heterocycles. The van der Waals surface area contributed by atoms with Crippen molar-refractivity contribution in [3.63, 3.8) is 0 Å². The Hall–Kier alpha value is -1.03. The fraction of sp³-hybridized carbons (Fsp3) is 0.800. The number of anilines is 1. The molecule has 1 N–H and O–H groups in total. The van der Waals surface area contributed by atoms with E-state index in [1.54, 1.807) is 0 Å². The molecular weight excluding hydrogens is 236 g/mol. The quantitative estimate of drug-likeness (QED) is 0.857. The smallest absolute Gasteiger partial charge is 0.203 e. The molecule has 4 nitrogen and oxygen atoms in total. The molecule has 1 aromatic heterocycles. The van der Waals surface area contributed by atoms with E-state index in [0.29, 0.717) is 5.54 Å². The van der Waals surface area contributed by atoms with Crippen LogP contribution in [-0.4, -0.2) is 40.6 Å². The van der Waals surface area contributed by atoms with Crippen LogP contribution in [0.2, 0.25) is 0 Å². The second-order valence-corrected chi connectivity index (χ2v) is 6.08. The van der Waals surface area contributed by atoms with Gasteiger partial charge in [0, 0.05) is 24.8 Å². The second kappa shape index (κ2) is 5.95. The second-order valence-electron chi connectivity index (χ2n) is 6.08. The number of rotatable bonds is 6. The molecular formula is C15H28N4.